The lowest BCUT2D eigenvalue weighted by Crippen LogP contribution is -2.15. The van der Waals surface area contributed by atoms with E-state index in [-0.39, 0.29) is 5.71 Å². The van der Waals surface area contributed by atoms with Gasteiger partial charge in [0.25, 0.3) is 0 Å². The third-order valence-electron chi connectivity index (χ3n) is 3.70. The first kappa shape index (κ1) is 15.1. The lowest BCUT2D eigenvalue weighted by molar-refractivity contribution is 0.213. The van der Waals surface area contributed by atoms with Crippen molar-refractivity contribution in [3.05, 3.63) is 78.8 Å². The molecule has 1 atom stereocenters. The van der Waals surface area contributed by atoms with Gasteiger partial charge in [0.1, 0.15) is 11.5 Å². The van der Waals surface area contributed by atoms with E-state index in [1.54, 1.807) is 30.5 Å². The van der Waals surface area contributed by atoms with Crippen LogP contribution in [0.15, 0.2) is 81.2 Å². The highest BCUT2D eigenvalue weighted by Gasteiger charge is 2.22. The molecule has 4 aromatic rings. The number of hydrogen-bond donors (Lipinski definition) is 2. The minimum atomic E-state index is -1.09. The first-order valence-corrected chi connectivity index (χ1v) is 7.62. The summed E-state index contributed by atoms with van der Waals surface area (Å²) in [6.45, 7) is 0. The van der Waals surface area contributed by atoms with Gasteiger partial charge in [0.15, 0.2) is 17.7 Å². The number of furan rings is 2. The standard InChI is InChI=1S/C18H14N4O3/c23-17(15-8-4-10-25-15)16(14-7-3-9-24-14)20-22-18-13-6-2-1-5-12(13)11-19-21-18/h1-11,17,23H,(H,21,22)/b20-16+/t17-/m1/s1. The molecule has 0 unspecified atom stereocenters. The fraction of sp³-hybridized carbons (Fsp3) is 0.0556. The quantitative estimate of drug-likeness (QED) is 0.429. The Labute approximate surface area is 142 Å². The van der Waals surface area contributed by atoms with Crippen LogP contribution in [0.4, 0.5) is 5.82 Å². The number of nitrogens with zero attached hydrogens (tertiary/aromatic N) is 3. The van der Waals surface area contributed by atoms with E-state index < -0.39 is 6.10 Å². The summed E-state index contributed by atoms with van der Waals surface area (Å²) in [5.41, 5.74) is 3.14. The third-order valence-corrected chi connectivity index (χ3v) is 3.70. The maximum Gasteiger partial charge on any atom is 0.176 e. The smallest absolute Gasteiger partial charge is 0.176 e. The Morgan fingerprint density at radius 1 is 1.04 bits per heavy atom. The van der Waals surface area contributed by atoms with Crippen molar-refractivity contribution in [2.75, 3.05) is 5.43 Å². The lowest BCUT2D eigenvalue weighted by Gasteiger charge is -2.10. The topological polar surface area (TPSA) is 96.7 Å². The van der Waals surface area contributed by atoms with Crippen LogP contribution in [0.2, 0.25) is 0 Å². The Morgan fingerprint density at radius 3 is 2.68 bits per heavy atom. The summed E-state index contributed by atoms with van der Waals surface area (Å²) in [6, 6.07) is 14.5. The number of nitrogens with one attached hydrogen (secondary N) is 1. The van der Waals surface area contributed by atoms with Gasteiger partial charge in [0.05, 0.1) is 18.7 Å². The predicted octanol–water partition coefficient (Wildman–Crippen LogP) is 3.37. The number of hydrogen-bond acceptors (Lipinski definition) is 7. The van der Waals surface area contributed by atoms with Crippen molar-refractivity contribution in [3.8, 4) is 0 Å². The molecule has 1 aromatic carbocycles. The molecule has 124 valence electrons. The normalized spacial score (nSPS) is 13.1. The average molecular weight is 334 g/mol. The molecule has 0 aliphatic heterocycles. The average Bonchev–Trinajstić information content (AvgIpc) is 3.36. The molecule has 2 N–H and O–H groups in total. The van der Waals surface area contributed by atoms with E-state index in [2.05, 4.69) is 20.7 Å². The van der Waals surface area contributed by atoms with Crippen LogP contribution < -0.4 is 5.43 Å². The zero-order valence-corrected chi connectivity index (χ0v) is 13.0. The van der Waals surface area contributed by atoms with Crippen LogP contribution in [0, 0.1) is 0 Å². The number of aliphatic hydroxyl groups excluding tert-OH is 1. The third kappa shape index (κ3) is 3.00. The summed E-state index contributed by atoms with van der Waals surface area (Å²) in [5.74, 6) is 1.26. The summed E-state index contributed by atoms with van der Waals surface area (Å²) >= 11 is 0. The molecule has 25 heavy (non-hydrogen) atoms. The number of hydrazone groups is 1. The number of anilines is 1. The van der Waals surface area contributed by atoms with Gasteiger partial charge >= 0.3 is 0 Å². The van der Waals surface area contributed by atoms with Gasteiger partial charge in [-0.2, -0.15) is 10.2 Å². The van der Waals surface area contributed by atoms with Crippen molar-refractivity contribution in [1.82, 2.24) is 10.2 Å². The first-order chi connectivity index (χ1) is 12.3. The Hall–Kier alpha value is -3.45. The fourth-order valence-corrected chi connectivity index (χ4v) is 2.48. The summed E-state index contributed by atoms with van der Waals surface area (Å²) in [7, 11) is 0. The zero-order chi connectivity index (χ0) is 17.1. The molecule has 4 rings (SSSR count). The van der Waals surface area contributed by atoms with Crippen LogP contribution in [0.25, 0.3) is 10.8 Å². The molecule has 7 nitrogen and oxygen atoms in total. The van der Waals surface area contributed by atoms with Gasteiger partial charge in [-0.15, -0.1) is 5.10 Å². The SMILES string of the molecule is O[C@@H](/C(=N/Nc1nncc2ccccc12)c1ccco1)c1ccco1. The molecular formula is C18H14N4O3. The molecular weight excluding hydrogens is 320 g/mol. The van der Waals surface area contributed by atoms with E-state index in [1.165, 1.54) is 12.5 Å². The van der Waals surface area contributed by atoms with E-state index in [0.29, 0.717) is 17.3 Å². The van der Waals surface area contributed by atoms with Crippen LogP contribution >= 0.6 is 0 Å². The second kappa shape index (κ2) is 6.58. The number of aromatic nitrogens is 2. The number of benzene rings is 1. The largest absolute Gasteiger partial charge is 0.466 e. The van der Waals surface area contributed by atoms with Crippen LogP contribution in [0.3, 0.4) is 0 Å². The van der Waals surface area contributed by atoms with Crippen LogP contribution in [-0.4, -0.2) is 21.0 Å². The Balaban J connectivity index is 1.72. The first-order valence-electron chi connectivity index (χ1n) is 7.62. The molecule has 0 saturated carbocycles. The molecule has 0 aliphatic carbocycles. The predicted molar refractivity (Wildman–Crippen MR) is 92.1 cm³/mol. The molecule has 0 fully saturated rings. The highest BCUT2D eigenvalue weighted by atomic mass is 16.4. The van der Waals surface area contributed by atoms with Crippen LogP contribution in [-0.2, 0) is 0 Å². The molecule has 0 bridgehead atoms. The van der Waals surface area contributed by atoms with Crippen molar-refractivity contribution in [2.45, 2.75) is 6.10 Å². The maximum absolute atomic E-state index is 10.6. The number of fused-ring (bicyclic) bond motifs is 1. The van der Waals surface area contributed by atoms with Crippen LogP contribution in [0.5, 0.6) is 0 Å². The summed E-state index contributed by atoms with van der Waals surface area (Å²) < 4.78 is 10.7. The molecule has 0 aliphatic rings. The van der Waals surface area contributed by atoms with Gasteiger partial charge < -0.3 is 13.9 Å². The summed E-state index contributed by atoms with van der Waals surface area (Å²) in [6.07, 6.45) is 3.59. The number of rotatable bonds is 5. The minimum Gasteiger partial charge on any atom is -0.466 e. The molecule has 0 spiro atoms. The van der Waals surface area contributed by atoms with Crippen molar-refractivity contribution in [3.63, 3.8) is 0 Å². The molecule has 0 saturated heterocycles. The molecule has 0 radical (unpaired) electrons. The molecule has 3 heterocycles. The monoisotopic (exact) mass is 334 g/mol. The van der Waals surface area contributed by atoms with E-state index >= 15 is 0 Å². The molecule has 3 aromatic heterocycles. The maximum atomic E-state index is 10.6. The van der Waals surface area contributed by atoms with Gasteiger partial charge in [-0.3, -0.25) is 5.43 Å². The number of aliphatic hydroxyl groups is 1. The minimum absolute atomic E-state index is 0.273. The van der Waals surface area contributed by atoms with Crippen molar-refractivity contribution in [2.24, 2.45) is 5.10 Å². The van der Waals surface area contributed by atoms with Crippen molar-refractivity contribution >= 4 is 22.3 Å². The molecule has 0 amide bonds. The van der Waals surface area contributed by atoms with Gasteiger partial charge in [0.2, 0.25) is 0 Å². The highest BCUT2D eigenvalue weighted by molar-refractivity contribution is 6.02. The second-order valence-corrected chi connectivity index (χ2v) is 5.28. The Morgan fingerprint density at radius 2 is 1.88 bits per heavy atom. The second-order valence-electron chi connectivity index (χ2n) is 5.28. The van der Waals surface area contributed by atoms with Gasteiger partial charge in [0, 0.05) is 10.8 Å². The van der Waals surface area contributed by atoms with Gasteiger partial charge in [-0.05, 0) is 24.3 Å². The van der Waals surface area contributed by atoms with E-state index in [9.17, 15) is 5.11 Å². The summed E-state index contributed by atoms with van der Waals surface area (Å²) in [5, 5.41) is 24.7. The fourth-order valence-electron chi connectivity index (χ4n) is 2.48. The van der Waals surface area contributed by atoms with Crippen molar-refractivity contribution in [1.29, 1.82) is 0 Å². The van der Waals surface area contributed by atoms with E-state index in [4.69, 9.17) is 8.83 Å². The zero-order valence-electron chi connectivity index (χ0n) is 13.0. The Bertz CT molecular complexity index is 989. The van der Waals surface area contributed by atoms with E-state index in [0.717, 1.165) is 10.8 Å². The Kier molecular flexibility index (Phi) is 3.97. The van der Waals surface area contributed by atoms with E-state index in [1.807, 2.05) is 24.3 Å². The van der Waals surface area contributed by atoms with Gasteiger partial charge in [-0.25, -0.2) is 0 Å². The summed E-state index contributed by atoms with van der Waals surface area (Å²) in [4.78, 5) is 0. The highest BCUT2D eigenvalue weighted by Crippen LogP contribution is 2.22. The van der Waals surface area contributed by atoms with Crippen LogP contribution in [0.1, 0.15) is 17.6 Å². The molecule has 7 heteroatoms. The van der Waals surface area contributed by atoms with Crippen molar-refractivity contribution < 1.29 is 13.9 Å². The lowest BCUT2D eigenvalue weighted by atomic mass is 10.1. The van der Waals surface area contributed by atoms with Gasteiger partial charge in [-0.1, -0.05) is 24.3 Å².